The number of nitrogens with zero attached hydrogens (tertiary/aromatic N) is 2. The highest BCUT2D eigenvalue weighted by Gasteiger charge is 2.49. The molecule has 0 aromatic heterocycles. The molecule has 2 saturated heterocycles. The van der Waals surface area contributed by atoms with Crippen molar-refractivity contribution in [3.8, 4) is 5.75 Å². The third kappa shape index (κ3) is 5.20. The zero-order chi connectivity index (χ0) is 23.6. The number of likely N-dealkylation sites (tertiary alicyclic amines) is 1. The number of amides is 3. The highest BCUT2D eigenvalue weighted by atomic mass is 19.4. The summed E-state index contributed by atoms with van der Waals surface area (Å²) in [7, 11) is 0. The maximum absolute atomic E-state index is 13.2. The molecule has 2 aliphatic heterocycles. The Labute approximate surface area is 188 Å². The Kier molecular flexibility index (Phi) is 6.18. The van der Waals surface area contributed by atoms with Crippen LogP contribution in [0.15, 0.2) is 48.5 Å². The number of carbonyl (C=O) groups excluding carboxylic acids is 2. The van der Waals surface area contributed by atoms with Gasteiger partial charge in [0.25, 0.3) is 0 Å². The van der Waals surface area contributed by atoms with Crippen molar-refractivity contribution in [1.82, 2.24) is 10.2 Å². The Morgan fingerprint density at radius 3 is 2.18 bits per heavy atom. The normalized spacial score (nSPS) is 18.0. The largest absolute Gasteiger partial charge is 0.573 e. The number of carbonyl (C=O) groups is 2. The summed E-state index contributed by atoms with van der Waals surface area (Å²) in [6.07, 6.45) is -3.12. The Balaban J connectivity index is 1.31. The van der Waals surface area contributed by atoms with E-state index in [0.717, 1.165) is 5.56 Å². The summed E-state index contributed by atoms with van der Waals surface area (Å²) in [5.74, 6) is -0.752. The lowest BCUT2D eigenvalue weighted by Gasteiger charge is -2.37. The number of hydrogen-bond acceptors (Lipinski definition) is 3. The van der Waals surface area contributed by atoms with Gasteiger partial charge in [0.15, 0.2) is 0 Å². The first-order valence-corrected chi connectivity index (χ1v) is 10.6. The maximum Gasteiger partial charge on any atom is 0.573 e. The molecule has 10 heteroatoms. The number of nitrogens with one attached hydrogen (secondary N) is 1. The fourth-order valence-corrected chi connectivity index (χ4v) is 4.39. The van der Waals surface area contributed by atoms with Gasteiger partial charge in [0.05, 0.1) is 5.41 Å². The Morgan fingerprint density at radius 1 is 0.970 bits per heavy atom. The molecule has 2 aromatic carbocycles. The Morgan fingerprint density at radius 2 is 1.58 bits per heavy atom. The number of rotatable bonds is 4. The van der Waals surface area contributed by atoms with Crippen LogP contribution in [0.5, 0.6) is 5.75 Å². The van der Waals surface area contributed by atoms with Gasteiger partial charge in [-0.3, -0.25) is 4.79 Å². The SMILES string of the molecule is O=C(NCc1ccc(F)cc1)N1CCC2(CC1)CCN(c1ccc(OC(F)(F)F)cc1)C2=O. The summed E-state index contributed by atoms with van der Waals surface area (Å²) in [4.78, 5) is 28.9. The van der Waals surface area contributed by atoms with Crippen LogP contribution in [0.2, 0.25) is 0 Å². The molecule has 2 heterocycles. The zero-order valence-electron chi connectivity index (χ0n) is 17.7. The number of hydrogen-bond donors (Lipinski definition) is 1. The minimum absolute atomic E-state index is 0.0710. The van der Waals surface area contributed by atoms with Gasteiger partial charge in [0.1, 0.15) is 11.6 Å². The molecule has 4 rings (SSSR count). The van der Waals surface area contributed by atoms with E-state index in [1.807, 2.05) is 0 Å². The van der Waals surface area contributed by atoms with Crippen molar-refractivity contribution in [2.45, 2.75) is 32.2 Å². The molecular weight excluding hydrogens is 442 g/mol. The van der Waals surface area contributed by atoms with Crippen LogP contribution >= 0.6 is 0 Å². The Bertz CT molecular complexity index is 1000. The molecule has 0 unspecified atom stereocenters. The van der Waals surface area contributed by atoms with E-state index in [-0.39, 0.29) is 30.0 Å². The molecule has 176 valence electrons. The first-order valence-electron chi connectivity index (χ1n) is 10.6. The quantitative estimate of drug-likeness (QED) is 0.679. The standard InChI is InChI=1S/C23H23F4N3O3/c24-17-3-1-16(2-4-17)15-28-21(32)29-12-9-22(10-13-29)11-14-30(20(22)31)18-5-7-19(8-6-18)33-23(25,26)27/h1-8H,9-15H2,(H,28,32). The average Bonchev–Trinajstić information content (AvgIpc) is 3.09. The van der Waals surface area contributed by atoms with Crippen molar-refractivity contribution < 1.29 is 31.9 Å². The minimum Gasteiger partial charge on any atom is -0.406 e. The van der Waals surface area contributed by atoms with E-state index in [4.69, 9.17) is 0 Å². The first-order chi connectivity index (χ1) is 15.7. The van der Waals surface area contributed by atoms with Crippen molar-refractivity contribution in [2.75, 3.05) is 24.5 Å². The summed E-state index contributed by atoms with van der Waals surface area (Å²) in [6, 6.07) is 10.9. The van der Waals surface area contributed by atoms with Crippen LogP contribution in [0.25, 0.3) is 0 Å². The fourth-order valence-electron chi connectivity index (χ4n) is 4.39. The predicted octanol–water partition coefficient (Wildman–Crippen LogP) is 4.45. The Hall–Kier alpha value is -3.30. The highest BCUT2D eigenvalue weighted by Crippen LogP contribution is 2.43. The smallest absolute Gasteiger partial charge is 0.406 e. The van der Waals surface area contributed by atoms with E-state index in [9.17, 15) is 27.2 Å². The van der Waals surface area contributed by atoms with Crippen molar-refractivity contribution in [3.63, 3.8) is 0 Å². The van der Waals surface area contributed by atoms with Gasteiger partial charge in [-0.1, -0.05) is 12.1 Å². The van der Waals surface area contributed by atoms with Crippen LogP contribution in [-0.2, 0) is 11.3 Å². The van der Waals surface area contributed by atoms with Gasteiger partial charge >= 0.3 is 12.4 Å². The van der Waals surface area contributed by atoms with Crippen LogP contribution in [-0.4, -0.2) is 42.8 Å². The monoisotopic (exact) mass is 465 g/mol. The third-order valence-corrected chi connectivity index (χ3v) is 6.26. The van der Waals surface area contributed by atoms with Gasteiger partial charge in [0, 0.05) is 31.9 Å². The molecule has 6 nitrogen and oxygen atoms in total. The molecule has 1 spiro atoms. The molecular formula is C23H23F4N3O3. The molecule has 3 amide bonds. The molecule has 2 fully saturated rings. The predicted molar refractivity (Wildman–Crippen MR) is 112 cm³/mol. The van der Waals surface area contributed by atoms with Gasteiger partial charge < -0.3 is 19.9 Å². The molecule has 0 radical (unpaired) electrons. The van der Waals surface area contributed by atoms with Crippen LogP contribution in [0, 0.1) is 11.2 Å². The summed E-state index contributed by atoms with van der Waals surface area (Å²) < 4.78 is 53.9. The van der Waals surface area contributed by atoms with Crippen LogP contribution in [0.1, 0.15) is 24.8 Å². The summed E-state index contributed by atoms with van der Waals surface area (Å²) in [5.41, 5.74) is 0.729. The molecule has 1 N–H and O–H groups in total. The van der Waals surface area contributed by atoms with Crippen LogP contribution < -0.4 is 15.0 Å². The number of halogens is 4. The zero-order valence-corrected chi connectivity index (χ0v) is 17.7. The average molecular weight is 465 g/mol. The van der Waals surface area contributed by atoms with Gasteiger partial charge in [-0.15, -0.1) is 13.2 Å². The number of anilines is 1. The topological polar surface area (TPSA) is 61.9 Å². The van der Waals surface area contributed by atoms with Crippen LogP contribution in [0.4, 0.5) is 28.0 Å². The maximum atomic E-state index is 13.2. The van der Waals surface area contributed by atoms with Crippen molar-refractivity contribution in [3.05, 3.63) is 59.9 Å². The molecule has 2 aromatic rings. The lowest BCUT2D eigenvalue weighted by Crippen LogP contribution is -2.49. The van der Waals surface area contributed by atoms with E-state index < -0.39 is 11.8 Å². The van der Waals surface area contributed by atoms with Gasteiger partial charge in [-0.05, 0) is 61.2 Å². The number of alkyl halides is 3. The first kappa shape index (κ1) is 22.9. The van der Waals surface area contributed by atoms with E-state index in [2.05, 4.69) is 10.1 Å². The molecule has 0 aliphatic carbocycles. The lowest BCUT2D eigenvalue weighted by atomic mass is 9.77. The van der Waals surface area contributed by atoms with Crippen molar-refractivity contribution >= 4 is 17.6 Å². The van der Waals surface area contributed by atoms with Crippen LogP contribution in [0.3, 0.4) is 0 Å². The molecule has 0 saturated carbocycles. The number of benzene rings is 2. The van der Waals surface area contributed by atoms with E-state index in [1.54, 1.807) is 21.9 Å². The third-order valence-electron chi connectivity index (χ3n) is 6.26. The second-order valence-corrected chi connectivity index (χ2v) is 8.30. The van der Waals surface area contributed by atoms with Gasteiger partial charge in [0.2, 0.25) is 5.91 Å². The number of piperidine rings is 1. The fraction of sp³-hybridized carbons (Fsp3) is 0.391. The molecule has 0 atom stereocenters. The minimum atomic E-state index is -4.77. The lowest BCUT2D eigenvalue weighted by molar-refractivity contribution is -0.274. The molecule has 0 bridgehead atoms. The van der Waals surface area contributed by atoms with Gasteiger partial charge in [-0.2, -0.15) is 0 Å². The molecule has 33 heavy (non-hydrogen) atoms. The second kappa shape index (κ2) is 8.92. The summed E-state index contributed by atoms with van der Waals surface area (Å²) in [6.45, 7) is 1.59. The van der Waals surface area contributed by atoms with Crippen molar-refractivity contribution in [2.24, 2.45) is 5.41 Å². The number of urea groups is 1. The van der Waals surface area contributed by atoms with Crippen molar-refractivity contribution in [1.29, 1.82) is 0 Å². The highest BCUT2D eigenvalue weighted by molar-refractivity contribution is 6.00. The summed E-state index contributed by atoms with van der Waals surface area (Å²) >= 11 is 0. The second-order valence-electron chi connectivity index (χ2n) is 8.30. The number of ether oxygens (including phenoxy) is 1. The van der Waals surface area contributed by atoms with E-state index in [0.29, 0.717) is 44.6 Å². The summed E-state index contributed by atoms with van der Waals surface area (Å²) in [5, 5.41) is 2.81. The molecule has 2 aliphatic rings. The van der Waals surface area contributed by atoms with Gasteiger partial charge in [-0.25, -0.2) is 9.18 Å². The van der Waals surface area contributed by atoms with E-state index >= 15 is 0 Å². The van der Waals surface area contributed by atoms with E-state index in [1.165, 1.54) is 36.4 Å².